The van der Waals surface area contributed by atoms with Crippen molar-refractivity contribution in [2.75, 3.05) is 27.2 Å². The lowest BCUT2D eigenvalue weighted by atomic mass is 10.0. The molecule has 1 aliphatic heterocycles. The van der Waals surface area contributed by atoms with Crippen molar-refractivity contribution in [3.8, 4) is 5.75 Å². The van der Waals surface area contributed by atoms with Gasteiger partial charge < -0.3 is 14.5 Å². The summed E-state index contributed by atoms with van der Waals surface area (Å²) in [7, 11) is 3.81. The number of benzene rings is 2. The van der Waals surface area contributed by atoms with Crippen molar-refractivity contribution >= 4 is 18.3 Å². The van der Waals surface area contributed by atoms with Gasteiger partial charge in [-0.2, -0.15) is 0 Å². The van der Waals surface area contributed by atoms with Gasteiger partial charge in [0, 0.05) is 12.6 Å². The fraction of sp³-hybridized carbons (Fsp3) is 0.435. The molecule has 0 spiro atoms. The summed E-state index contributed by atoms with van der Waals surface area (Å²) in [6, 6.07) is 16.6. The third kappa shape index (κ3) is 5.98. The highest BCUT2D eigenvalue weighted by Gasteiger charge is 2.27. The summed E-state index contributed by atoms with van der Waals surface area (Å²) >= 11 is 0. The Labute approximate surface area is 174 Å². The maximum atomic E-state index is 13.2. The van der Waals surface area contributed by atoms with E-state index in [-0.39, 0.29) is 18.3 Å². The summed E-state index contributed by atoms with van der Waals surface area (Å²) in [4.78, 5) is 17.6. The summed E-state index contributed by atoms with van der Waals surface area (Å²) in [5.74, 6) is 1.02. The van der Waals surface area contributed by atoms with E-state index in [9.17, 15) is 4.79 Å². The first-order valence-electron chi connectivity index (χ1n) is 9.71. The molecule has 1 aliphatic rings. The molecular weight excluding hydrogens is 372 g/mol. The Morgan fingerprint density at radius 1 is 1.04 bits per heavy atom. The van der Waals surface area contributed by atoms with Gasteiger partial charge in [0.25, 0.3) is 0 Å². The van der Waals surface area contributed by atoms with Crippen LogP contribution in [0.5, 0.6) is 5.75 Å². The molecule has 4 nitrogen and oxygen atoms in total. The Balaban J connectivity index is 0.00000280. The smallest absolute Gasteiger partial charge is 0.227 e. The summed E-state index contributed by atoms with van der Waals surface area (Å²) in [5, 5.41) is 0. The van der Waals surface area contributed by atoms with Crippen molar-refractivity contribution in [1.29, 1.82) is 0 Å². The van der Waals surface area contributed by atoms with Gasteiger partial charge in [0.15, 0.2) is 0 Å². The van der Waals surface area contributed by atoms with Gasteiger partial charge in [0.1, 0.15) is 5.75 Å². The van der Waals surface area contributed by atoms with E-state index in [2.05, 4.69) is 48.0 Å². The molecule has 2 aromatic rings. The predicted molar refractivity (Wildman–Crippen MR) is 116 cm³/mol. The molecule has 1 amide bonds. The summed E-state index contributed by atoms with van der Waals surface area (Å²) in [5.41, 5.74) is 3.47. The first-order chi connectivity index (χ1) is 13.0. The molecule has 0 unspecified atom stereocenters. The molecule has 28 heavy (non-hydrogen) atoms. The maximum absolute atomic E-state index is 13.2. The van der Waals surface area contributed by atoms with E-state index in [0.29, 0.717) is 19.0 Å². The van der Waals surface area contributed by atoms with E-state index in [4.69, 9.17) is 4.74 Å². The number of hydrogen-bond donors (Lipinski definition) is 0. The number of hydrogen-bond acceptors (Lipinski definition) is 3. The number of piperidine rings is 1. The van der Waals surface area contributed by atoms with Gasteiger partial charge in [0.05, 0.1) is 13.5 Å². The minimum Gasteiger partial charge on any atom is -0.497 e. The molecule has 2 aromatic carbocycles. The van der Waals surface area contributed by atoms with Gasteiger partial charge in [-0.25, -0.2) is 0 Å². The second-order valence-corrected chi connectivity index (χ2v) is 7.57. The molecule has 5 heteroatoms. The number of halogens is 1. The van der Waals surface area contributed by atoms with Gasteiger partial charge in [-0.1, -0.05) is 42.0 Å². The second kappa shape index (κ2) is 10.5. The van der Waals surface area contributed by atoms with Gasteiger partial charge in [-0.3, -0.25) is 4.79 Å². The van der Waals surface area contributed by atoms with E-state index in [1.807, 2.05) is 24.3 Å². The lowest BCUT2D eigenvalue weighted by molar-refractivity contribution is -0.134. The molecule has 0 bridgehead atoms. The summed E-state index contributed by atoms with van der Waals surface area (Å²) in [6.07, 6.45) is 2.51. The number of carbonyl (C=O) groups excluding carboxylic acids is 1. The van der Waals surface area contributed by atoms with E-state index in [1.54, 1.807) is 7.11 Å². The molecule has 0 saturated carbocycles. The number of nitrogens with zero attached hydrogens (tertiary/aromatic N) is 2. The van der Waals surface area contributed by atoms with Gasteiger partial charge >= 0.3 is 0 Å². The van der Waals surface area contributed by atoms with Crippen molar-refractivity contribution in [3.63, 3.8) is 0 Å². The van der Waals surface area contributed by atoms with Crippen LogP contribution in [0.3, 0.4) is 0 Å². The minimum absolute atomic E-state index is 0. The number of methoxy groups -OCH3 is 1. The molecule has 1 fully saturated rings. The molecule has 0 aromatic heterocycles. The largest absolute Gasteiger partial charge is 0.497 e. The van der Waals surface area contributed by atoms with E-state index < -0.39 is 0 Å². The van der Waals surface area contributed by atoms with Crippen molar-refractivity contribution in [3.05, 3.63) is 65.2 Å². The highest BCUT2D eigenvalue weighted by atomic mass is 35.5. The van der Waals surface area contributed by atoms with Crippen LogP contribution in [-0.4, -0.2) is 49.0 Å². The van der Waals surface area contributed by atoms with Crippen LogP contribution < -0.4 is 4.74 Å². The standard InChI is InChI=1S/C23H30N2O2.ClH/c1-18-4-6-20(7-5-18)17-25(21-12-14-24(2)15-13-21)23(26)16-19-8-10-22(27-3)11-9-19;/h4-11,21H,12-17H2,1-3H3;1H. The van der Waals surface area contributed by atoms with Crippen LogP contribution in [0.2, 0.25) is 0 Å². The Bertz CT molecular complexity index is 738. The zero-order valence-corrected chi connectivity index (χ0v) is 17.9. The number of carbonyl (C=O) groups is 1. The van der Waals surface area contributed by atoms with Crippen LogP contribution in [0.25, 0.3) is 0 Å². The highest BCUT2D eigenvalue weighted by molar-refractivity contribution is 5.85. The lowest BCUT2D eigenvalue weighted by Gasteiger charge is -2.37. The zero-order chi connectivity index (χ0) is 19.2. The first-order valence-corrected chi connectivity index (χ1v) is 9.71. The lowest BCUT2D eigenvalue weighted by Crippen LogP contribution is -2.46. The van der Waals surface area contributed by atoms with Crippen LogP contribution in [-0.2, 0) is 17.8 Å². The first kappa shape index (κ1) is 22.3. The average Bonchev–Trinajstić information content (AvgIpc) is 2.69. The van der Waals surface area contributed by atoms with E-state index in [0.717, 1.165) is 37.2 Å². The number of amides is 1. The molecule has 152 valence electrons. The van der Waals surface area contributed by atoms with Gasteiger partial charge in [-0.15, -0.1) is 12.4 Å². The van der Waals surface area contributed by atoms with Crippen molar-refractivity contribution < 1.29 is 9.53 Å². The van der Waals surface area contributed by atoms with Crippen LogP contribution in [0.1, 0.15) is 29.5 Å². The molecule has 0 N–H and O–H groups in total. The normalized spacial score (nSPS) is 15.0. The number of aryl methyl sites for hydroxylation is 1. The van der Waals surface area contributed by atoms with E-state index >= 15 is 0 Å². The highest BCUT2D eigenvalue weighted by Crippen LogP contribution is 2.21. The molecule has 3 rings (SSSR count). The van der Waals surface area contributed by atoms with Gasteiger partial charge in [0.2, 0.25) is 5.91 Å². The van der Waals surface area contributed by atoms with Crippen LogP contribution in [0.4, 0.5) is 0 Å². The predicted octanol–water partition coefficient (Wildman–Crippen LogP) is 4.09. The topological polar surface area (TPSA) is 32.8 Å². The molecule has 0 atom stereocenters. The summed E-state index contributed by atoms with van der Waals surface area (Å²) < 4.78 is 5.22. The number of rotatable bonds is 6. The quantitative estimate of drug-likeness (QED) is 0.729. The van der Waals surface area contributed by atoms with E-state index in [1.165, 1.54) is 11.1 Å². The van der Waals surface area contributed by atoms with Crippen LogP contribution in [0, 0.1) is 6.92 Å². The van der Waals surface area contributed by atoms with Gasteiger partial charge in [-0.05, 0) is 63.2 Å². The Morgan fingerprint density at radius 3 is 2.18 bits per heavy atom. The minimum atomic E-state index is 0. The monoisotopic (exact) mass is 402 g/mol. The Morgan fingerprint density at radius 2 is 1.61 bits per heavy atom. The number of likely N-dealkylation sites (tertiary alicyclic amines) is 1. The molecular formula is C23H31ClN2O2. The molecule has 1 saturated heterocycles. The third-order valence-electron chi connectivity index (χ3n) is 5.44. The van der Waals surface area contributed by atoms with Crippen molar-refractivity contribution in [2.24, 2.45) is 0 Å². The fourth-order valence-electron chi connectivity index (χ4n) is 3.64. The third-order valence-corrected chi connectivity index (χ3v) is 5.44. The fourth-order valence-corrected chi connectivity index (χ4v) is 3.64. The van der Waals surface area contributed by atoms with Crippen molar-refractivity contribution in [1.82, 2.24) is 9.80 Å². The van der Waals surface area contributed by atoms with Crippen LogP contribution >= 0.6 is 12.4 Å². The zero-order valence-electron chi connectivity index (χ0n) is 17.1. The molecule has 1 heterocycles. The number of ether oxygens (including phenoxy) is 1. The maximum Gasteiger partial charge on any atom is 0.227 e. The molecule has 0 aliphatic carbocycles. The summed E-state index contributed by atoms with van der Waals surface area (Å²) in [6.45, 7) is 4.87. The average molecular weight is 403 g/mol. The second-order valence-electron chi connectivity index (χ2n) is 7.57. The Kier molecular flexibility index (Phi) is 8.34. The van der Waals surface area contributed by atoms with Crippen molar-refractivity contribution in [2.45, 2.75) is 38.8 Å². The molecule has 0 radical (unpaired) electrons. The Hall–Kier alpha value is -2.04. The van der Waals surface area contributed by atoms with Crippen LogP contribution in [0.15, 0.2) is 48.5 Å². The SMILES string of the molecule is COc1ccc(CC(=O)N(Cc2ccc(C)cc2)C2CCN(C)CC2)cc1.Cl.